The van der Waals surface area contributed by atoms with Crippen molar-refractivity contribution in [2.45, 2.75) is 6.54 Å². The van der Waals surface area contributed by atoms with Crippen molar-refractivity contribution in [3.05, 3.63) is 95.4 Å². The summed E-state index contributed by atoms with van der Waals surface area (Å²) in [5.41, 5.74) is 2.20. The molecule has 1 aliphatic heterocycles. The van der Waals surface area contributed by atoms with E-state index in [9.17, 15) is 14.0 Å². The first-order chi connectivity index (χ1) is 15.9. The van der Waals surface area contributed by atoms with E-state index in [-0.39, 0.29) is 11.3 Å². The average Bonchev–Trinajstić information content (AvgIpc) is 3.09. The average molecular weight is 446 g/mol. The van der Waals surface area contributed by atoms with Crippen LogP contribution in [0.4, 0.5) is 10.1 Å². The molecule has 0 atom stereocenters. The summed E-state index contributed by atoms with van der Waals surface area (Å²) in [4.78, 5) is 30.1. The number of rotatable bonds is 7. The Morgan fingerprint density at radius 1 is 0.848 bits per heavy atom. The second kappa shape index (κ2) is 9.16. The van der Waals surface area contributed by atoms with Crippen LogP contribution >= 0.6 is 0 Å². The van der Waals surface area contributed by atoms with Crippen molar-refractivity contribution < 1.29 is 23.5 Å². The van der Waals surface area contributed by atoms with E-state index in [4.69, 9.17) is 9.47 Å². The van der Waals surface area contributed by atoms with E-state index < -0.39 is 17.6 Å². The van der Waals surface area contributed by atoms with Gasteiger partial charge in [-0.2, -0.15) is 0 Å². The van der Waals surface area contributed by atoms with Gasteiger partial charge in [0, 0.05) is 31.8 Å². The largest absolute Gasteiger partial charge is 0.497 e. The van der Waals surface area contributed by atoms with Crippen LogP contribution in [-0.2, 0) is 16.1 Å². The Morgan fingerprint density at radius 3 is 2.03 bits per heavy atom. The lowest BCUT2D eigenvalue weighted by Crippen LogP contribution is -2.34. The normalized spacial score (nSPS) is 13.5. The van der Waals surface area contributed by atoms with Gasteiger partial charge in [0.1, 0.15) is 23.0 Å². The third kappa shape index (κ3) is 4.30. The molecule has 2 amide bonds. The molecule has 1 heterocycles. The van der Waals surface area contributed by atoms with Crippen LogP contribution in [0.15, 0.2) is 78.5 Å². The molecule has 0 fully saturated rings. The number of nitrogens with zero attached hydrogens (tertiary/aromatic N) is 2. The zero-order chi connectivity index (χ0) is 23.5. The maximum absolute atomic E-state index is 13.6. The van der Waals surface area contributed by atoms with Gasteiger partial charge in [0.05, 0.1) is 25.5 Å². The molecular weight excluding hydrogens is 423 g/mol. The van der Waals surface area contributed by atoms with Gasteiger partial charge >= 0.3 is 0 Å². The standard InChI is InChI=1S/C26H23FN2O4/c1-28(16-17-7-5-4-6-8-17)24-23(18-9-11-19(27)12-10-18)25(30)29(26(24)31)20-13-21(32-2)15-22(14-20)33-3/h4-15H,16H2,1-3H3. The SMILES string of the molecule is COc1cc(OC)cc(N2C(=O)C(c3ccc(F)cc3)=C(N(C)Cc3ccccc3)C2=O)c1. The minimum atomic E-state index is -0.503. The zero-order valence-corrected chi connectivity index (χ0v) is 18.5. The molecule has 4 rings (SSSR count). The van der Waals surface area contributed by atoms with Gasteiger partial charge < -0.3 is 14.4 Å². The van der Waals surface area contributed by atoms with Gasteiger partial charge in [-0.05, 0) is 23.3 Å². The molecule has 6 nitrogen and oxygen atoms in total. The molecule has 168 valence electrons. The third-order valence-electron chi connectivity index (χ3n) is 5.43. The van der Waals surface area contributed by atoms with Crippen LogP contribution in [0.1, 0.15) is 11.1 Å². The molecule has 0 N–H and O–H groups in total. The summed E-state index contributed by atoms with van der Waals surface area (Å²) < 4.78 is 24.2. The maximum Gasteiger partial charge on any atom is 0.282 e. The van der Waals surface area contributed by atoms with Crippen LogP contribution < -0.4 is 14.4 Å². The number of anilines is 1. The van der Waals surface area contributed by atoms with Gasteiger partial charge in [0.2, 0.25) is 0 Å². The monoisotopic (exact) mass is 446 g/mol. The molecule has 3 aromatic carbocycles. The number of carbonyl (C=O) groups excluding carboxylic acids is 2. The lowest BCUT2D eigenvalue weighted by Gasteiger charge is -2.22. The number of benzene rings is 3. The van der Waals surface area contributed by atoms with Crippen LogP contribution in [-0.4, -0.2) is 38.0 Å². The number of ether oxygens (including phenoxy) is 2. The van der Waals surface area contributed by atoms with Crippen molar-refractivity contribution in [1.82, 2.24) is 4.90 Å². The van der Waals surface area contributed by atoms with E-state index in [1.54, 1.807) is 30.1 Å². The molecule has 33 heavy (non-hydrogen) atoms. The Morgan fingerprint density at radius 2 is 1.45 bits per heavy atom. The minimum absolute atomic E-state index is 0.209. The number of amides is 2. The second-order valence-electron chi connectivity index (χ2n) is 7.59. The molecule has 0 saturated heterocycles. The van der Waals surface area contributed by atoms with Crippen LogP contribution in [0.2, 0.25) is 0 Å². The van der Waals surface area contributed by atoms with E-state index in [2.05, 4.69) is 0 Å². The number of hydrogen-bond acceptors (Lipinski definition) is 5. The summed E-state index contributed by atoms with van der Waals surface area (Å²) in [5.74, 6) is -0.520. The molecule has 0 bridgehead atoms. The summed E-state index contributed by atoms with van der Waals surface area (Å²) in [6.07, 6.45) is 0. The molecule has 7 heteroatoms. The quantitative estimate of drug-likeness (QED) is 0.508. The number of likely N-dealkylation sites (N-methyl/N-ethyl adjacent to an activating group) is 1. The summed E-state index contributed by atoms with van der Waals surface area (Å²) in [6.45, 7) is 0.412. The number of halogens is 1. The molecular formula is C26H23FN2O4. The van der Waals surface area contributed by atoms with Crippen LogP contribution in [0, 0.1) is 5.82 Å². The number of carbonyl (C=O) groups is 2. The van der Waals surface area contributed by atoms with Gasteiger partial charge in [0.15, 0.2) is 0 Å². The topological polar surface area (TPSA) is 59.1 Å². The number of methoxy groups -OCH3 is 2. The van der Waals surface area contributed by atoms with Crippen molar-refractivity contribution in [3.8, 4) is 11.5 Å². The lowest BCUT2D eigenvalue weighted by molar-refractivity contribution is -0.120. The van der Waals surface area contributed by atoms with Gasteiger partial charge in [-0.25, -0.2) is 9.29 Å². The number of imide groups is 1. The summed E-state index contributed by atoms with van der Waals surface area (Å²) in [5, 5.41) is 0. The van der Waals surface area contributed by atoms with Gasteiger partial charge in [-0.15, -0.1) is 0 Å². The van der Waals surface area contributed by atoms with Crippen molar-refractivity contribution in [1.29, 1.82) is 0 Å². The van der Waals surface area contributed by atoms with Crippen molar-refractivity contribution in [2.24, 2.45) is 0 Å². The Balaban J connectivity index is 1.81. The Labute approximate surface area is 191 Å². The smallest absolute Gasteiger partial charge is 0.282 e. The first-order valence-corrected chi connectivity index (χ1v) is 10.3. The first-order valence-electron chi connectivity index (χ1n) is 10.3. The van der Waals surface area contributed by atoms with E-state index in [1.807, 2.05) is 30.3 Å². The van der Waals surface area contributed by atoms with Crippen molar-refractivity contribution in [3.63, 3.8) is 0 Å². The lowest BCUT2D eigenvalue weighted by atomic mass is 10.0. The molecule has 0 aromatic heterocycles. The highest BCUT2D eigenvalue weighted by molar-refractivity contribution is 6.45. The number of hydrogen-bond donors (Lipinski definition) is 0. The molecule has 1 aliphatic rings. The van der Waals surface area contributed by atoms with E-state index in [0.717, 1.165) is 10.5 Å². The molecule has 0 spiro atoms. The fourth-order valence-electron chi connectivity index (χ4n) is 3.84. The highest BCUT2D eigenvalue weighted by Gasteiger charge is 2.42. The zero-order valence-electron chi connectivity index (χ0n) is 18.5. The van der Waals surface area contributed by atoms with E-state index in [0.29, 0.717) is 29.3 Å². The van der Waals surface area contributed by atoms with Crippen LogP contribution in [0.25, 0.3) is 5.57 Å². The van der Waals surface area contributed by atoms with E-state index in [1.165, 1.54) is 38.5 Å². The van der Waals surface area contributed by atoms with Crippen LogP contribution in [0.5, 0.6) is 11.5 Å². The predicted octanol–water partition coefficient (Wildman–Crippen LogP) is 4.26. The minimum Gasteiger partial charge on any atom is -0.497 e. The second-order valence-corrected chi connectivity index (χ2v) is 7.59. The molecule has 3 aromatic rings. The Bertz CT molecular complexity index is 1200. The van der Waals surface area contributed by atoms with E-state index >= 15 is 0 Å². The summed E-state index contributed by atoms with van der Waals surface area (Å²) >= 11 is 0. The fourth-order valence-corrected chi connectivity index (χ4v) is 3.84. The molecule has 0 saturated carbocycles. The van der Waals surface area contributed by atoms with Crippen molar-refractivity contribution >= 4 is 23.1 Å². The summed E-state index contributed by atoms with van der Waals surface area (Å²) in [6, 6.07) is 20.0. The molecule has 0 aliphatic carbocycles. The van der Waals surface area contributed by atoms with Crippen LogP contribution in [0.3, 0.4) is 0 Å². The highest BCUT2D eigenvalue weighted by Crippen LogP contribution is 2.37. The summed E-state index contributed by atoms with van der Waals surface area (Å²) in [7, 11) is 4.74. The molecule has 0 radical (unpaired) electrons. The maximum atomic E-state index is 13.6. The predicted molar refractivity (Wildman–Crippen MR) is 123 cm³/mol. The Kier molecular flexibility index (Phi) is 6.13. The first kappa shape index (κ1) is 22.1. The van der Waals surface area contributed by atoms with Gasteiger partial charge in [0.25, 0.3) is 11.8 Å². The molecule has 0 unspecified atom stereocenters. The van der Waals surface area contributed by atoms with Gasteiger partial charge in [-0.3, -0.25) is 9.59 Å². The fraction of sp³-hybridized carbons (Fsp3) is 0.154. The highest BCUT2D eigenvalue weighted by atomic mass is 19.1. The van der Waals surface area contributed by atoms with Gasteiger partial charge in [-0.1, -0.05) is 42.5 Å². The third-order valence-corrected chi connectivity index (χ3v) is 5.43. The Hall–Kier alpha value is -4.13. The van der Waals surface area contributed by atoms with Crippen molar-refractivity contribution in [2.75, 3.05) is 26.2 Å².